The average molecular weight is 494 g/mol. The minimum absolute atomic E-state index is 0.0743. The highest BCUT2D eigenvalue weighted by Crippen LogP contribution is 2.35. The van der Waals surface area contributed by atoms with Gasteiger partial charge in [-0.05, 0) is 49.7 Å². The minimum Gasteiger partial charge on any atom is -0.477 e. The summed E-state index contributed by atoms with van der Waals surface area (Å²) in [7, 11) is 0. The molecule has 4 aromatic rings. The van der Waals surface area contributed by atoms with Gasteiger partial charge in [-0.15, -0.1) is 0 Å². The zero-order valence-corrected chi connectivity index (χ0v) is 20.6. The van der Waals surface area contributed by atoms with Gasteiger partial charge in [-0.1, -0.05) is 54.6 Å². The Morgan fingerprint density at radius 1 is 0.919 bits per heavy atom. The molecule has 0 radical (unpaired) electrons. The van der Waals surface area contributed by atoms with Crippen LogP contribution in [0.25, 0.3) is 0 Å². The van der Waals surface area contributed by atoms with Gasteiger partial charge >= 0.3 is 0 Å². The first-order valence-corrected chi connectivity index (χ1v) is 12.1. The summed E-state index contributed by atoms with van der Waals surface area (Å²) in [6.07, 6.45) is -0.856. The molecule has 2 amide bonds. The molecule has 8 nitrogen and oxygen atoms in total. The minimum atomic E-state index is -0.856. The second-order valence-corrected chi connectivity index (χ2v) is 8.84. The molecule has 186 valence electrons. The number of para-hydroxylation sites is 3. The fourth-order valence-electron chi connectivity index (χ4n) is 4.29. The summed E-state index contributed by atoms with van der Waals surface area (Å²) < 4.78 is 6.01. The summed E-state index contributed by atoms with van der Waals surface area (Å²) >= 11 is 0. The summed E-state index contributed by atoms with van der Waals surface area (Å²) in [5.74, 6) is 0.346. The number of hydrogen-bond acceptors (Lipinski definition) is 6. The molecule has 1 unspecified atom stereocenters. The predicted octanol–water partition coefficient (Wildman–Crippen LogP) is 4.56. The van der Waals surface area contributed by atoms with Crippen molar-refractivity contribution in [1.82, 2.24) is 15.3 Å². The Labute approximate surface area is 215 Å². The average Bonchev–Trinajstić information content (AvgIpc) is 2.91. The number of nitrogens with one attached hydrogen (secondary N) is 2. The molecule has 2 N–H and O–H groups in total. The molecule has 0 fully saturated rings. The number of amides is 2. The molecule has 0 spiro atoms. The van der Waals surface area contributed by atoms with E-state index < -0.39 is 6.10 Å². The Morgan fingerprint density at radius 2 is 1.59 bits per heavy atom. The van der Waals surface area contributed by atoms with Gasteiger partial charge in [0.1, 0.15) is 5.75 Å². The number of aromatic nitrogens is 2. The fourth-order valence-corrected chi connectivity index (χ4v) is 4.29. The van der Waals surface area contributed by atoms with E-state index in [1.165, 1.54) is 0 Å². The molecule has 1 aromatic heterocycles. The van der Waals surface area contributed by atoms with Gasteiger partial charge in [0.05, 0.1) is 23.5 Å². The summed E-state index contributed by atoms with van der Waals surface area (Å²) in [5, 5.41) is 6.11. The molecule has 0 aliphatic carbocycles. The standard InChI is InChI=1S/C29H27N5O3/c1-19-16-20(2)32-29(31-19)33-23-13-7-6-12-22(23)28(36)34-18-26(37-25-15-9-8-14-24(25)34)27(35)30-17-21-10-4-3-5-11-21/h3-16,26H,17-18H2,1-2H3,(H,30,35)(H,31,32,33). The number of nitrogens with zero attached hydrogens (tertiary/aromatic N) is 3. The van der Waals surface area contributed by atoms with Gasteiger partial charge in [-0.25, -0.2) is 9.97 Å². The summed E-state index contributed by atoms with van der Waals surface area (Å²) in [6.45, 7) is 4.23. The third kappa shape index (κ3) is 5.43. The van der Waals surface area contributed by atoms with Crippen LogP contribution in [0.5, 0.6) is 5.75 Å². The third-order valence-corrected chi connectivity index (χ3v) is 6.01. The Balaban J connectivity index is 1.41. The molecular formula is C29H27N5O3. The van der Waals surface area contributed by atoms with Crippen LogP contribution in [0.2, 0.25) is 0 Å². The lowest BCUT2D eigenvalue weighted by molar-refractivity contribution is -0.127. The monoisotopic (exact) mass is 493 g/mol. The molecule has 8 heteroatoms. The van der Waals surface area contributed by atoms with Crippen LogP contribution in [0.4, 0.5) is 17.3 Å². The van der Waals surface area contributed by atoms with Crippen LogP contribution in [0.15, 0.2) is 84.9 Å². The number of benzene rings is 3. The van der Waals surface area contributed by atoms with E-state index in [1.807, 2.05) is 80.6 Å². The molecule has 1 atom stereocenters. The Bertz CT molecular complexity index is 1420. The molecule has 5 rings (SSSR count). The fraction of sp³-hybridized carbons (Fsp3) is 0.172. The normalized spacial score (nSPS) is 14.3. The van der Waals surface area contributed by atoms with E-state index in [9.17, 15) is 9.59 Å². The molecular weight excluding hydrogens is 466 g/mol. The van der Waals surface area contributed by atoms with Crippen molar-refractivity contribution >= 4 is 29.1 Å². The van der Waals surface area contributed by atoms with Crippen molar-refractivity contribution < 1.29 is 14.3 Å². The second-order valence-electron chi connectivity index (χ2n) is 8.84. The molecule has 2 heterocycles. The van der Waals surface area contributed by atoms with Crippen molar-refractivity contribution in [3.05, 3.63) is 107 Å². The number of fused-ring (bicyclic) bond motifs is 1. The van der Waals surface area contributed by atoms with Crippen LogP contribution >= 0.6 is 0 Å². The summed E-state index contributed by atoms with van der Waals surface area (Å²) in [4.78, 5) is 37.4. The van der Waals surface area contributed by atoms with Crippen molar-refractivity contribution in [1.29, 1.82) is 0 Å². The molecule has 0 saturated heterocycles. The summed E-state index contributed by atoms with van der Waals surface area (Å²) in [6, 6.07) is 26.0. The Hall–Kier alpha value is -4.72. The number of aryl methyl sites for hydroxylation is 2. The lowest BCUT2D eigenvalue weighted by Crippen LogP contribution is -2.50. The Kier molecular flexibility index (Phi) is 6.81. The second kappa shape index (κ2) is 10.5. The summed E-state index contributed by atoms with van der Waals surface area (Å²) in [5.41, 5.74) is 4.25. The SMILES string of the molecule is Cc1cc(C)nc(Nc2ccccc2C(=O)N2CC(C(=O)NCc3ccccc3)Oc3ccccc32)n1. The molecule has 3 aromatic carbocycles. The molecule has 0 saturated carbocycles. The van der Waals surface area contributed by atoms with Crippen LogP contribution in [-0.4, -0.2) is 34.4 Å². The first-order chi connectivity index (χ1) is 18.0. The molecule has 1 aliphatic heterocycles. The van der Waals surface area contributed by atoms with E-state index in [0.29, 0.717) is 35.2 Å². The van der Waals surface area contributed by atoms with Crippen molar-refractivity contribution in [2.24, 2.45) is 0 Å². The van der Waals surface area contributed by atoms with E-state index in [4.69, 9.17) is 4.74 Å². The van der Waals surface area contributed by atoms with E-state index in [-0.39, 0.29) is 18.4 Å². The van der Waals surface area contributed by atoms with Crippen molar-refractivity contribution in [2.45, 2.75) is 26.5 Å². The molecule has 37 heavy (non-hydrogen) atoms. The first kappa shape index (κ1) is 24.0. The number of carbonyl (C=O) groups excluding carboxylic acids is 2. The van der Waals surface area contributed by atoms with Gasteiger partial charge in [0.2, 0.25) is 5.95 Å². The maximum Gasteiger partial charge on any atom is 0.263 e. The van der Waals surface area contributed by atoms with Crippen LogP contribution in [-0.2, 0) is 11.3 Å². The number of anilines is 3. The maximum atomic E-state index is 13.9. The van der Waals surface area contributed by atoms with Crippen molar-refractivity contribution in [3.63, 3.8) is 0 Å². The van der Waals surface area contributed by atoms with Gasteiger partial charge in [0.25, 0.3) is 11.8 Å². The lowest BCUT2D eigenvalue weighted by Gasteiger charge is -2.34. The first-order valence-electron chi connectivity index (χ1n) is 12.1. The molecule has 0 bridgehead atoms. The van der Waals surface area contributed by atoms with Gasteiger partial charge < -0.3 is 20.3 Å². The molecule has 1 aliphatic rings. The quantitative estimate of drug-likeness (QED) is 0.409. The third-order valence-electron chi connectivity index (χ3n) is 6.01. The number of rotatable bonds is 6. The van der Waals surface area contributed by atoms with Crippen LogP contribution in [0, 0.1) is 13.8 Å². The zero-order chi connectivity index (χ0) is 25.8. The van der Waals surface area contributed by atoms with Crippen LogP contribution in [0.3, 0.4) is 0 Å². The van der Waals surface area contributed by atoms with Gasteiger partial charge in [-0.2, -0.15) is 0 Å². The van der Waals surface area contributed by atoms with Gasteiger partial charge in [-0.3, -0.25) is 9.59 Å². The van der Waals surface area contributed by atoms with Crippen molar-refractivity contribution in [2.75, 3.05) is 16.8 Å². The predicted molar refractivity (Wildman–Crippen MR) is 142 cm³/mol. The lowest BCUT2D eigenvalue weighted by atomic mass is 10.1. The van der Waals surface area contributed by atoms with E-state index >= 15 is 0 Å². The number of ether oxygens (including phenoxy) is 1. The van der Waals surface area contributed by atoms with Crippen LogP contribution in [0.1, 0.15) is 27.3 Å². The smallest absolute Gasteiger partial charge is 0.263 e. The topological polar surface area (TPSA) is 96.5 Å². The van der Waals surface area contributed by atoms with Crippen molar-refractivity contribution in [3.8, 4) is 5.75 Å². The maximum absolute atomic E-state index is 13.9. The Morgan fingerprint density at radius 3 is 2.38 bits per heavy atom. The number of hydrogen-bond donors (Lipinski definition) is 2. The van der Waals surface area contributed by atoms with E-state index in [0.717, 1.165) is 17.0 Å². The number of carbonyl (C=O) groups is 2. The largest absolute Gasteiger partial charge is 0.477 e. The van der Waals surface area contributed by atoms with Gasteiger partial charge in [0, 0.05) is 17.9 Å². The van der Waals surface area contributed by atoms with E-state index in [2.05, 4.69) is 20.6 Å². The highest BCUT2D eigenvalue weighted by atomic mass is 16.5. The zero-order valence-electron chi connectivity index (χ0n) is 20.6. The van der Waals surface area contributed by atoms with Gasteiger partial charge in [0.15, 0.2) is 6.10 Å². The highest BCUT2D eigenvalue weighted by Gasteiger charge is 2.34. The van der Waals surface area contributed by atoms with E-state index in [1.54, 1.807) is 23.1 Å². The van der Waals surface area contributed by atoms with Crippen LogP contribution < -0.4 is 20.3 Å². The highest BCUT2D eigenvalue weighted by molar-refractivity contribution is 6.11.